The Hall–Kier alpha value is -3.65. The zero-order valence-electron chi connectivity index (χ0n) is 16.9. The number of hydrogen-bond donors (Lipinski definition) is 3. The van der Waals surface area contributed by atoms with Crippen LogP contribution in [0.5, 0.6) is 0 Å². The lowest BCUT2D eigenvalue weighted by Gasteiger charge is -2.19. The minimum atomic E-state index is -0.841. The van der Waals surface area contributed by atoms with Crippen molar-refractivity contribution in [2.75, 3.05) is 6.61 Å². The molecule has 148 valence electrons. The van der Waals surface area contributed by atoms with Crippen molar-refractivity contribution in [3.8, 4) is 12.6 Å². The van der Waals surface area contributed by atoms with Crippen LogP contribution in [0.25, 0.3) is 27.9 Å². The van der Waals surface area contributed by atoms with E-state index in [0.717, 1.165) is 33.9 Å². The van der Waals surface area contributed by atoms with Gasteiger partial charge in [0, 0.05) is 34.4 Å². The number of fused-ring (bicyclic) bond motifs is 3. The van der Waals surface area contributed by atoms with Gasteiger partial charge in [-0.1, -0.05) is 24.3 Å². The molecule has 1 heterocycles. The van der Waals surface area contributed by atoms with Crippen LogP contribution >= 0.6 is 0 Å². The van der Waals surface area contributed by atoms with E-state index in [0.29, 0.717) is 0 Å². The van der Waals surface area contributed by atoms with Crippen molar-refractivity contribution < 1.29 is 16.4 Å². The molecule has 0 unspecified atom stereocenters. The van der Waals surface area contributed by atoms with Crippen molar-refractivity contribution in [1.82, 2.24) is 9.88 Å². The maximum atomic E-state index is 12.5. The number of nitriles is 2. The van der Waals surface area contributed by atoms with Gasteiger partial charge in [-0.2, -0.15) is 5.26 Å². The Morgan fingerprint density at radius 3 is 2.69 bits per heavy atom. The number of para-hydroxylation sites is 1. The van der Waals surface area contributed by atoms with Crippen LogP contribution in [0.3, 0.4) is 0 Å². The number of nitrogens with one attached hydrogen (secondary N) is 1. The van der Waals surface area contributed by atoms with E-state index in [4.69, 9.17) is 11.9 Å². The van der Waals surface area contributed by atoms with Crippen molar-refractivity contribution in [1.29, 1.82) is 10.5 Å². The second-order valence-electron chi connectivity index (χ2n) is 6.44. The first-order chi connectivity index (χ1) is 14.5. The lowest BCUT2D eigenvalue weighted by molar-refractivity contribution is -0.123. The Bertz CT molecular complexity index is 1140. The molecule has 0 radical (unpaired) electrons. The van der Waals surface area contributed by atoms with Gasteiger partial charge in [-0.05, 0) is 36.8 Å². The Balaban J connectivity index is 0.00000101. The molecule has 2 aromatic carbocycles. The van der Waals surface area contributed by atoms with E-state index in [1.165, 1.54) is 13.0 Å². The number of hydrogen-bond acceptors (Lipinski definition) is 5. The summed E-state index contributed by atoms with van der Waals surface area (Å²) in [4.78, 5) is 12.5. The summed E-state index contributed by atoms with van der Waals surface area (Å²) in [6.07, 6.45) is 2.33. The van der Waals surface area contributed by atoms with Crippen molar-refractivity contribution in [2.24, 2.45) is 0 Å². The van der Waals surface area contributed by atoms with E-state index in [1.54, 1.807) is 6.08 Å². The fourth-order valence-corrected chi connectivity index (χ4v) is 3.19. The molecule has 0 aliphatic heterocycles. The van der Waals surface area contributed by atoms with E-state index in [1.807, 2.05) is 53.1 Å². The third-order valence-corrected chi connectivity index (χ3v) is 4.57. The van der Waals surface area contributed by atoms with Crippen LogP contribution in [-0.4, -0.2) is 39.4 Å². The van der Waals surface area contributed by atoms with Gasteiger partial charge in [0.1, 0.15) is 6.54 Å². The standard InChI is InChI=1S/C21H21N3O3.CHN/c1-14(26)18(13-25)23-21(27)12-24-19-7-3-2-6-16(19)17-11-15(5-4-10-22)8-9-20(17)24;1-2/h2-9,11,14,18,25-26H,12-13H2,1H3,(H,23,27);1H/b5-4+;/t14-,18-;/m1./s1/i;1D. The molecule has 0 fully saturated rings. The number of aliphatic hydroxyl groups excluding tert-OH is 2. The summed E-state index contributed by atoms with van der Waals surface area (Å²) in [5, 5.41) is 39.3. The fraction of sp³-hybridized carbons (Fsp3) is 0.227. The van der Waals surface area contributed by atoms with Gasteiger partial charge in [0.05, 0.1) is 24.8 Å². The van der Waals surface area contributed by atoms with Crippen molar-refractivity contribution in [3.05, 3.63) is 54.1 Å². The molecule has 2 atom stereocenters. The van der Waals surface area contributed by atoms with Crippen LogP contribution in [0, 0.1) is 23.1 Å². The number of aromatic nitrogens is 1. The summed E-state index contributed by atoms with van der Waals surface area (Å²) < 4.78 is 7.42. The molecular formula is C22H22N4O3. The highest BCUT2D eigenvalue weighted by Gasteiger charge is 2.18. The fourth-order valence-electron chi connectivity index (χ4n) is 3.19. The molecule has 7 heteroatoms. The molecule has 0 aliphatic carbocycles. The number of carbonyl (C=O) groups excluding carboxylic acids is 1. The summed E-state index contributed by atoms with van der Waals surface area (Å²) in [7, 11) is 0. The highest BCUT2D eigenvalue weighted by Crippen LogP contribution is 2.30. The minimum absolute atomic E-state index is 0.0701. The van der Waals surface area contributed by atoms with Gasteiger partial charge >= 0.3 is 0 Å². The molecule has 29 heavy (non-hydrogen) atoms. The first kappa shape index (κ1) is 20.1. The molecule has 0 aliphatic rings. The smallest absolute Gasteiger partial charge is 0.240 e. The summed E-state index contributed by atoms with van der Waals surface area (Å²) in [5.74, 6) is -0.286. The quantitative estimate of drug-likeness (QED) is 0.557. The van der Waals surface area contributed by atoms with E-state index in [-0.39, 0.29) is 19.1 Å². The zero-order valence-corrected chi connectivity index (χ0v) is 15.9. The molecule has 0 bridgehead atoms. The Kier molecular flexibility index (Phi) is 6.96. The number of aliphatic hydroxyl groups is 2. The number of benzene rings is 2. The topological polar surface area (TPSA) is 122 Å². The average Bonchev–Trinajstić information content (AvgIpc) is 3.04. The second kappa shape index (κ2) is 10.0. The van der Waals surface area contributed by atoms with Gasteiger partial charge in [-0.25, -0.2) is 5.26 Å². The van der Waals surface area contributed by atoms with Gasteiger partial charge in [0.2, 0.25) is 5.91 Å². The predicted molar refractivity (Wildman–Crippen MR) is 111 cm³/mol. The number of allylic oxidation sites excluding steroid dienone is 1. The Morgan fingerprint density at radius 1 is 1.34 bits per heavy atom. The van der Waals surface area contributed by atoms with E-state index >= 15 is 0 Å². The molecule has 3 rings (SSSR count). The number of rotatable bonds is 6. The molecular weight excluding hydrogens is 368 g/mol. The lowest BCUT2D eigenvalue weighted by Crippen LogP contribution is -2.45. The highest BCUT2D eigenvalue weighted by molar-refractivity contribution is 6.09. The molecule has 0 saturated heterocycles. The normalized spacial score (nSPS) is 13.1. The monoisotopic (exact) mass is 391 g/mol. The molecule has 7 nitrogen and oxygen atoms in total. The highest BCUT2D eigenvalue weighted by atomic mass is 16.3. The van der Waals surface area contributed by atoms with Crippen molar-refractivity contribution >= 4 is 33.8 Å². The molecule has 1 aromatic heterocycles. The third-order valence-electron chi connectivity index (χ3n) is 4.57. The number of nitrogens with zero attached hydrogens (tertiary/aromatic N) is 3. The lowest BCUT2D eigenvalue weighted by atomic mass is 10.1. The largest absolute Gasteiger partial charge is 0.394 e. The molecule has 1 amide bonds. The first-order valence-electron chi connectivity index (χ1n) is 9.43. The summed E-state index contributed by atoms with van der Waals surface area (Å²) >= 11 is 0. The van der Waals surface area contributed by atoms with Gasteiger partial charge < -0.3 is 20.1 Å². The van der Waals surface area contributed by atoms with Crippen molar-refractivity contribution in [3.63, 3.8) is 0 Å². The maximum Gasteiger partial charge on any atom is 0.240 e. The van der Waals surface area contributed by atoms with Gasteiger partial charge in [0.15, 0.2) is 1.37 Å². The van der Waals surface area contributed by atoms with Gasteiger partial charge in [-0.3, -0.25) is 4.79 Å². The van der Waals surface area contributed by atoms with Crippen LogP contribution in [0.2, 0.25) is 0 Å². The van der Waals surface area contributed by atoms with Gasteiger partial charge in [-0.15, -0.1) is 0 Å². The molecule has 3 N–H and O–H groups in total. The minimum Gasteiger partial charge on any atom is -0.394 e. The van der Waals surface area contributed by atoms with Crippen LogP contribution in [0.1, 0.15) is 13.9 Å². The number of carbonyl (C=O) groups is 1. The van der Waals surface area contributed by atoms with Gasteiger partial charge in [0.25, 0.3) is 0 Å². The van der Waals surface area contributed by atoms with Crippen LogP contribution in [0.4, 0.5) is 0 Å². The maximum absolute atomic E-state index is 12.5. The van der Waals surface area contributed by atoms with Crippen molar-refractivity contribution in [2.45, 2.75) is 25.6 Å². The zero-order chi connectivity index (χ0) is 22.1. The Labute approximate surface area is 170 Å². The predicted octanol–water partition coefficient (Wildman–Crippen LogP) is 2.33. The summed E-state index contributed by atoms with van der Waals surface area (Å²) in [6, 6.07) is 14.9. The van der Waals surface area contributed by atoms with Crippen LogP contribution in [-0.2, 0) is 11.3 Å². The molecule has 3 aromatic rings. The SMILES string of the molecule is C[C@@H](O)[C@@H](CO)NC(=O)Cn1c2ccccc2c2cc(/C=C/C#N)ccc21.[2H]C#N. The number of amides is 1. The second-order valence-corrected chi connectivity index (χ2v) is 6.44. The summed E-state index contributed by atoms with van der Waals surface area (Å²) in [6.45, 7) is 2.27. The summed E-state index contributed by atoms with van der Waals surface area (Å²) in [5.41, 5.74) is 2.73. The van der Waals surface area contributed by atoms with Crippen LogP contribution < -0.4 is 5.32 Å². The van der Waals surface area contributed by atoms with E-state index in [9.17, 15) is 15.0 Å². The Morgan fingerprint density at radius 2 is 2.03 bits per heavy atom. The third kappa shape index (κ3) is 4.80. The molecule has 0 saturated carbocycles. The molecule has 0 spiro atoms. The van der Waals surface area contributed by atoms with Crippen LogP contribution in [0.15, 0.2) is 48.5 Å². The van der Waals surface area contributed by atoms with E-state index < -0.39 is 12.1 Å². The first-order valence-corrected chi connectivity index (χ1v) is 8.93. The average molecular weight is 391 g/mol. The van der Waals surface area contributed by atoms with E-state index in [2.05, 4.69) is 5.32 Å².